The number of sulfone groups is 1. The summed E-state index contributed by atoms with van der Waals surface area (Å²) in [4.78, 5) is 3.36. The molecule has 0 bridgehead atoms. The van der Waals surface area contributed by atoms with Crippen LogP contribution < -0.4 is 5.73 Å². The zero-order valence-corrected chi connectivity index (χ0v) is 7.10. The van der Waals surface area contributed by atoms with Gasteiger partial charge < -0.3 is 5.73 Å². The molecule has 0 atom stereocenters. The largest absolute Gasteiger partial charge is 0.381 e. The highest BCUT2D eigenvalue weighted by atomic mass is 32.2. The molecule has 66 valence electrons. The normalized spacial score (nSPS) is 11.5. The van der Waals surface area contributed by atoms with Gasteiger partial charge in [0.15, 0.2) is 26.5 Å². The zero-order chi connectivity index (χ0) is 9.35. The molecule has 0 aliphatic heterocycles. The van der Waals surface area contributed by atoms with Crippen molar-refractivity contribution in [3.63, 3.8) is 0 Å². The van der Waals surface area contributed by atoms with Crippen LogP contribution in [-0.4, -0.2) is 19.7 Å². The number of nitrogen functional groups attached to an aromatic ring is 1. The van der Waals surface area contributed by atoms with Gasteiger partial charge in [0.05, 0.1) is 0 Å². The summed E-state index contributed by atoms with van der Waals surface area (Å²) >= 11 is 0. The van der Waals surface area contributed by atoms with E-state index in [1.54, 1.807) is 0 Å². The highest BCUT2D eigenvalue weighted by Crippen LogP contribution is 2.10. The van der Waals surface area contributed by atoms with Crippen LogP contribution in [0.5, 0.6) is 0 Å². The van der Waals surface area contributed by atoms with Crippen LogP contribution in [0.3, 0.4) is 0 Å². The van der Waals surface area contributed by atoms with Gasteiger partial charge in [0.25, 0.3) is 0 Å². The van der Waals surface area contributed by atoms with Gasteiger partial charge in [-0.2, -0.15) is 0 Å². The molecular formula is C6H7FN2O2S. The zero-order valence-electron chi connectivity index (χ0n) is 6.28. The highest BCUT2D eigenvalue weighted by molar-refractivity contribution is 7.90. The monoisotopic (exact) mass is 190 g/mol. The lowest BCUT2D eigenvalue weighted by molar-refractivity contribution is 0.594. The van der Waals surface area contributed by atoms with Crippen molar-refractivity contribution < 1.29 is 12.8 Å². The van der Waals surface area contributed by atoms with Crippen LogP contribution in [0.1, 0.15) is 0 Å². The Labute approximate surface area is 69.1 Å². The molecule has 0 saturated heterocycles. The predicted molar refractivity (Wildman–Crippen MR) is 41.7 cm³/mol. The van der Waals surface area contributed by atoms with Crippen LogP contribution >= 0.6 is 0 Å². The number of pyridine rings is 1. The van der Waals surface area contributed by atoms with E-state index in [1.165, 1.54) is 0 Å². The minimum Gasteiger partial charge on any atom is -0.381 e. The molecular weight excluding hydrogens is 183 g/mol. The van der Waals surface area contributed by atoms with Gasteiger partial charge in [-0.05, 0) is 12.1 Å². The van der Waals surface area contributed by atoms with E-state index >= 15 is 0 Å². The summed E-state index contributed by atoms with van der Waals surface area (Å²) in [5.74, 6) is -1.12. The first-order valence-corrected chi connectivity index (χ1v) is 4.92. The second kappa shape index (κ2) is 2.71. The Morgan fingerprint density at radius 2 is 2.08 bits per heavy atom. The van der Waals surface area contributed by atoms with E-state index in [0.717, 1.165) is 18.4 Å². The average molecular weight is 190 g/mol. The quantitative estimate of drug-likeness (QED) is 0.686. The van der Waals surface area contributed by atoms with Gasteiger partial charge in [0.1, 0.15) is 0 Å². The second-order valence-electron chi connectivity index (χ2n) is 2.29. The Morgan fingerprint density at radius 3 is 2.50 bits per heavy atom. The van der Waals surface area contributed by atoms with Crippen molar-refractivity contribution in [3.8, 4) is 0 Å². The third-order valence-corrected chi connectivity index (χ3v) is 2.21. The van der Waals surface area contributed by atoms with Gasteiger partial charge in [-0.25, -0.2) is 17.8 Å². The molecule has 1 aromatic heterocycles. The number of rotatable bonds is 1. The van der Waals surface area contributed by atoms with Crippen LogP contribution in [0, 0.1) is 5.82 Å². The Kier molecular flexibility index (Phi) is 2.01. The second-order valence-corrected chi connectivity index (χ2v) is 4.25. The van der Waals surface area contributed by atoms with Crippen LogP contribution in [-0.2, 0) is 9.84 Å². The molecule has 0 unspecified atom stereocenters. The van der Waals surface area contributed by atoms with Gasteiger partial charge in [0.2, 0.25) is 0 Å². The van der Waals surface area contributed by atoms with Gasteiger partial charge in [0, 0.05) is 6.26 Å². The summed E-state index contributed by atoms with van der Waals surface area (Å²) in [5, 5.41) is -0.221. The number of aromatic nitrogens is 1. The highest BCUT2D eigenvalue weighted by Gasteiger charge is 2.10. The SMILES string of the molecule is CS(=O)(=O)c1ccc(F)c(N)n1. The molecule has 2 N–H and O–H groups in total. The Balaban J connectivity index is 3.33. The lowest BCUT2D eigenvalue weighted by Gasteiger charge is -1.98. The van der Waals surface area contributed by atoms with Crippen molar-refractivity contribution in [3.05, 3.63) is 17.9 Å². The topological polar surface area (TPSA) is 73.0 Å². The van der Waals surface area contributed by atoms with Crippen LogP contribution in [0.2, 0.25) is 0 Å². The fourth-order valence-corrected chi connectivity index (χ4v) is 1.23. The predicted octanol–water partition coefficient (Wildman–Crippen LogP) is 0.206. The van der Waals surface area contributed by atoms with Gasteiger partial charge in [-0.15, -0.1) is 0 Å². The van der Waals surface area contributed by atoms with E-state index in [9.17, 15) is 12.8 Å². The summed E-state index contributed by atoms with van der Waals surface area (Å²) in [5.41, 5.74) is 5.07. The van der Waals surface area contributed by atoms with E-state index in [4.69, 9.17) is 5.73 Å². The van der Waals surface area contributed by atoms with E-state index in [1.807, 2.05) is 0 Å². The first kappa shape index (κ1) is 8.92. The van der Waals surface area contributed by atoms with Crippen LogP contribution in [0.25, 0.3) is 0 Å². The van der Waals surface area contributed by atoms with Crippen molar-refractivity contribution in [2.75, 3.05) is 12.0 Å². The van der Waals surface area contributed by atoms with Crippen molar-refractivity contribution >= 4 is 15.7 Å². The minimum absolute atomic E-state index is 0.221. The van der Waals surface area contributed by atoms with Crippen LogP contribution in [0.15, 0.2) is 17.2 Å². The summed E-state index contributed by atoms with van der Waals surface area (Å²) in [6.45, 7) is 0. The lowest BCUT2D eigenvalue weighted by atomic mass is 10.4. The maximum absolute atomic E-state index is 12.5. The summed E-state index contributed by atoms with van der Waals surface area (Å²) in [6, 6.07) is 2.04. The Bertz CT molecular complexity index is 402. The molecule has 1 rings (SSSR count). The number of nitrogens with zero attached hydrogens (tertiary/aromatic N) is 1. The number of nitrogens with two attached hydrogens (primary N) is 1. The molecule has 6 heteroatoms. The third kappa shape index (κ3) is 1.70. The Hall–Kier alpha value is -1.17. The van der Waals surface area contributed by atoms with Gasteiger partial charge in [-0.1, -0.05) is 0 Å². The molecule has 12 heavy (non-hydrogen) atoms. The minimum atomic E-state index is -3.40. The molecule has 0 radical (unpaired) electrons. The maximum atomic E-state index is 12.5. The number of hydrogen-bond acceptors (Lipinski definition) is 4. The van der Waals surface area contributed by atoms with E-state index < -0.39 is 21.5 Å². The first-order chi connectivity index (χ1) is 5.41. The molecule has 0 aromatic carbocycles. The average Bonchev–Trinajstić information content (AvgIpc) is 1.92. The molecule has 0 saturated carbocycles. The maximum Gasteiger partial charge on any atom is 0.192 e. The summed E-state index contributed by atoms with van der Waals surface area (Å²) in [6.07, 6.45) is 0.979. The number of anilines is 1. The lowest BCUT2D eigenvalue weighted by Crippen LogP contribution is -2.04. The van der Waals surface area contributed by atoms with Crippen molar-refractivity contribution in [2.45, 2.75) is 5.03 Å². The first-order valence-electron chi connectivity index (χ1n) is 3.03. The van der Waals surface area contributed by atoms with E-state index in [2.05, 4.69) is 4.98 Å². The molecule has 0 aliphatic carbocycles. The van der Waals surface area contributed by atoms with Crippen molar-refractivity contribution in [1.82, 2.24) is 4.98 Å². The smallest absolute Gasteiger partial charge is 0.192 e. The molecule has 0 spiro atoms. The van der Waals surface area contributed by atoms with E-state index in [0.29, 0.717) is 0 Å². The fraction of sp³-hybridized carbons (Fsp3) is 0.167. The van der Waals surface area contributed by atoms with Crippen molar-refractivity contribution in [2.24, 2.45) is 0 Å². The molecule has 4 nitrogen and oxygen atoms in total. The fourth-order valence-electron chi connectivity index (χ4n) is 0.646. The molecule has 0 fully saturated rings. The standard InChI is InChI=1S/C6H7FN2O2S/c1-12(10,11)5-3-2-4(7)6(8)9-5/h2-3H,1H3,(H2,8,9). The molecule has 1 aromatic rings. The van der Waals surface area contributed by atoms with Crippen LogP contribution in [0.4, 0.5) is 10.2 Å². The Morgan fingerprint density at radius 1 is 1.50 bits per heavy atom. The van der Waals surface area contributed by atoms with Gasteiger partial charge >= 0.3 is 0 Å². The molecule has 1 heterocycles. The number of hydrogen-bond donors (Lipinski definition) is 1. The summed E-state index contributed by atoms with van der Waals surface area (Å²) in [7, 11) is -3.40. The summed E-state index contributed by atoms with van der Waals surface area (Å²) < 4.78 is 34.2. The number of halogens is 1. The van der Waals surface area contributed by atoms with Gasteiger partial charge in [-0.3, -0.25) is 0 Å². The third-order valence-electron chi connectivity index (χ3n) is 1.23. The van der Waals surface area contributed by atoms with Crippen molar-refractivity contribution in [1.29, 1.82) is 0 Å². The molecule has 0 amide bonds. The molecule has 0 aliphatic rings. The van der Waals surface area contributed by atoms with E-state index in [-0.39, 0.29) is 5.03 Å².